The molecule has 2 aliphatic heterocycles. The van der Waals surface area contributed by atoms with E-state index < -0.39 is 0 Å². The number of hydrogen-bond acceptors (Lipinski definition) is 5. The maximum atomic E-state index is 5.74. The molecule has 6 heteroatoms. The summed E-state index contributed by atoms with van der Waals surface area (Å²) >= 11 is 0. The van der Waals surface area contributed by atoms with Crippen LogP contribution in [-0.2, 0) is 17.8 Å². The molecule has 3 heterocycles. The molecule has 0 unspecified atom stereocenters. The molecule has 1 aromatic rings. The van der Waals surface area contributed by atoms with E-state index in [0.717, 1.165) is 57.5 Å². The monoisotopic (exact) mass is 307 g/mol. The molecule has 0 aromatic carbocycles. The lowest BCUT2D eigenvalue weighted by molar-refractivity contribution is 0.0721. The predicted octanol–water partition coefficient (Wildman–Crippen LogP) is 1.28. The largest absolute Gasteiger partial charge is 0.377 e. The first-order valence-electron chi connectivity index (χ1n) is 8.77. The van der Waals surface area contributed by atoms with Crippen LogP contribution in [0.2, 0.25) is 0 Å². The van der Waals surface area contributed by atoms with Gasteiger partial charge in [0.2, 0.25) is 0 Å². The van der Waals surface area contributed by atoms with Crippen LogP contribution in [0.3, 0.4) is 0 Å². The summed E-state index contributed by atoms with van der Waals surface area (Å²) < 4.78 is 7.77. The first-order valence-corrected chi connectivity index (χ1v) is 8.77. The third kappa shape index (κ3) is 4.51. The van der Waals surface area contributed by atoms with Crippen molar-refractivity contribution in [1.29, 1.82) is 0 Å². The van der Waals surface area contributed by atoms with Crippen LogP contribution in [0.25, 0.3) is 0 Å². The van der Waals surface area contributed by atoms with Crippen LogP contribution < -0.4 is 5.32 Å². The zero-order chi connectivity index (χ0) is 15.2. The molecule has 22 heavy (non-hydrogen) atoms. The highest BCUT2D eigenvalue weighted by atomic mass is 16.5. The van der Waals surface area contributed by atoms with Crippen molar-refractivity contribution in [2.45, 2.75) is 51.8 Å². The molecule has 0 radical (unpaired) electrons. The van der Waals surface area contributed by atoms with Gasteiger partial charge in [-0.2, -0.15) is 0 Å². The van der Waals surface area contributed by atoms with E-state index in [9.17, 15) is 0 Å². The van der Waals surface area contributed by atoms with Crippen molar-refractivity contribution in [3.8, 4) is 0 Å². The molecule has 0 bridgehead atoms. The zero-order valence-corrected chi connectivity index (χ0v) is 13.7. The summed E-state index contributed by atoms with van der Waals surface area (Å²) in [6, 6.07) is 0. The Morgan fingerprint density at radius 3 is 2.95 bits per heavy atom. The van der Waals surface area contributed by atoms with E-state index in [1.54, 1.807) is 0 Å². The summed E-state index contributed by atoms with van der Waals surface area (Å²) in [6.45, 7) is 9.32. The second-order valence-corrected chi connectivity index (χ2v) is 6.59. The Morgan fingerprint density at radius 2 is 2.23 bits per heavy atom. The summed E-state index contributed by atoms with van der Waals surface area (Å²) in [5, 5.41) is 12.1. The Bertz CT molecular complexity index is 437. The molecule has 0 spiro atoms. The van der Waals surface area contributed by atoms with Gasteiger partial charge in [-0.3, -0.25) is 9.58 Å². The van der Waals surface area contributed by atoms with Crippen LogP contribution in [0.4, 0.5) is 0 Å². The Hall–Kier alpha value is -0.980. The van der Waals surface area contributed by atoms with Crippen molar-refractivity contribution < 1.29 is 4.74 Å². The van der Waals surface area contributed by atoms with Crippen molar-refractivity contribution in [2.24, 2.45) is 5.92 Å². The number of ether oxygens (including phenoxy) is 1. The predicted molar refractivity (Wildman–Crippen MR) is 85.5 cm³/mol. The summed E-state index contributed by atoms with van der Waals surface area (Å²) in [6.07, 6.45) is 7.42. The van der Waals surface area contributed by atoms with Crippen LogP contribution in [-0.4, -0.2) is 58.8 Å². The van der Waals surface area contributed by atoms with Gasteiger partial charge in [0.05, 0.1) is 11.8 Å². The SMILES string of the molecule is CCN(Cc1cn(CC2CCNCC2)nn1)C[C@@H]1CCCO1. The minimum Gasteiger partial charge on any atom is -0.377 e. The summed E-state index contributed by atoms with van der Waals surface area (Å²) in [5.74, 6) is 0.741. The zero-order valence-electron chi connectivity index (χ0n) is 13.7. The average Bonchev–Trinajstić information content (AvgIpc) is 3.20. The fraction of sp³-hybridized carbons (Fsp3) is 0.875. The van der Waals surface area contributed by atoms with E-state index in [0.29, 0.717) is 6.10 Å². The molecule has 124 valence electrons. The molecule has 1 atom stereocenters. The highest BCUT2D eigenvalue weighted by molar-refractivity contribution is 4.93. The molecular formula is C16H29N5O. The number of nitrogens with zero attached hydrogens (tertiary/aromatic N) is 4. The lowest BCUT2D eigenvalue weighted by atomic mass is 9.98. The number of aromatic nitrogens is 3. The van der Waals surface area contributed by atoms with Gasteiger partial charge in [0.15, 0.2) is 0 Å². The topological polar surface area (TPSA) is 55.2 Å². The van der Waals surface area contributed by atoms with Gasteiger partial charge in [-0.15, -0.1) is 5.10 Å². The van der Waals surface area contributed by atoms with Crippen LogP contribution in [0.15, 0.2) is 6.20 Å². The molecular weight excluding hydrogens is 278 g/mol. The van der Waals surface area contributed by atoms with Gasteiger partial charge >= 0.3 is 0 Å². The highest BCUT2D eigenvalue weighted by Crippen LogP contribution is 2.16. The summed E-state index contributed by atoms with van der Waals surface area (Å²) in [4.78, 5) is 2.41. The molecule has 0 aliphatic carbocycles. The van der Waals surface area contributed by atoms with Gasteiger partial charge in [0.1, 0.15) is 0 Å². The normalized spacial score (nSPS) is 23.5. The van der Waals surface area contributed by atoms with Crippen molar-refractivity contribution in [2.75, 3.05) is 32.8 Å². The van der Waals surface area contributed by atoms with Gasteiger partial charge in [-0.05, 0) is 51.2 Å². The second-order valence-electron chi connectivity index (χ2n) is 6.59. The lowest BCUT2D eigenvalue weighted by Crippen LogP contribution is -2.31. The average molecular weight is 307 g/mol. The fourth-order valence-corrected chi connectivity index (χ4v) is 3.44. The van der Waals surface area contributed by atoms with Crippen LogP contribution in [0.5, 0.6) is 0 Å². The van der Waals surface area contributed by atoms with Gasteiger partial charge in [-0.25, -0.2) is 0 Å². The molecule has 3 rings (SSSR count). The van der Waals surface area contributed by atoms with Gasteiger partial charge < -0.3 is 10.1 Å². The maximum Gasteiger partial charge on any atom is 0.0967 e. The molecule has 1 aromatic heterocycles. The van der Waals surface area contributed by atoms with E-state index in [1.165, 1.54) is 25.7 Å². The van der Waals surface area contributed by atoms with Crippen molar-refractivity contribution in [3.63, 3.8) is 0 Å². The Kier molecular flexibility index (Phi) is 5.81. The van der Waals surface area contributed by atoms with E-state index in [4.69, 9.17) is 4.74 Å². The minimum atomic E-state index is 0.407. The van der Waals surface area contributed by atoms with Crippen molar-refractivity contribution >= 4 is 0 Å². The smallest absolute Gasteiger partial charge is 0.0967 e. The Labute approximate surface area is 133 Å². The summed E-state index contributed by atoms with van der Waals surface area (Å²) in [5.41, 5.74) is 1.08. The molecule has 6 nitrogen and oxygen atoms in total. The quantitative estimate of drug-likeness (QED) is 0.822. The van der Waals surface area contributed by atoms with E-state index >= 15 is 0 Å². The van der Waals surface area contributed by atoms with Gasteiger partial charge in [-0.1, -0.05) is 12.1 Å². The third-order valence-corrected chi connectivity index (χ3v) is 4.81. The molecule has 0 amide bonds. The molecule has 2 fully saturated rings. The first kappa shape index (κ1) is 15.9. The van der Waals surface area contributed by atoms with E-state index in [2.05, 4.69) is 33.6 Å². The van der Waals surface area contributed by atoms with Crippen LogP contribution in [0.1, 0.15) is 38.3 Å². The summed E-state index contributed by atoms with van der Waals surface area (Å²) in [7, 11) is 0. The second kappa shape index (κ2) is 8.04. The maximum absolute atomic E-state index is 5.74. The molecule has 0 saturated carbocycles. The lowest BCUT2D eigenvalue weighted by Gasteiger charge is -2.22. The molecule has 2 saturated heterocycles. The van der Waals surface area contributed by atoms with E-state index in [-0.39, 0.29) is 0 Å². The number of nitrogens with one attached hydrogen (secondary N) is 1. The standard InChI is InChI=1S/C16H29N5O/c1-2-20(13-16-4-3-9-22-16)11-15-12-21(19-18-15)10-14-5-7-17-8-6-14/h12,14,16-17H,2-11,13H2,1H3/t16-/m0/s1. The number of piperidine rings is 1. The van der Waals surface area contributed by atoms with Gasteiger partial charge in [0.25, 0.3) is 0 Å². The highest BCUT2D eigenvalue weighted by Gasteiger charge is 2.19. The molecule has 2 aliphatic rings. The van der Waals surface area contributed by atoms with Crippen molar-refractivity contribution in [3.05, 3.63) is 11.9 Å². The number of rotatable bonds is 7. The third-order valence-electron chi connectivity index (χ3n) is 4.81. The fourth-order valence-electron chi connectivity index (χ4n) is 3.44. The molecule has 1 N–H and O–H groups in total. The van der Waals surface area contributed by atoms with Crippen molar-refractivity contribution in [1.82, 2.24) is 25.2 Å². The van der Waals surface area contributed by atoms with Crippen LogP contribution >= 0.6 is 0 Å². The first-order chi connectivity index (χ1) is 10.8. The minimum absolute atomic E-state index is 0.407. The van der Waals surface area contributed by atoms with Gasteiger partial charge in [0, 0.05) is 32.4 Å². The van der Waals surface area contributed by atoms with Crippen LogP contribution in [0, 0.1) is 5.92 Å². The van der Waals surface area contributed by atoms with E-state index in [1.807, 2.05) is 4.68 Å². The Morgan fingerprint density at radius 1 is 1.36 bits per heavy atom. The number of likely N-dealkylation sites (N-methyl/N-ethyl adjacent to an activating group) is 1. The Balaban J connectivity index is 1.48. The number of hydrogen-bond donors (Lipinski definition) is 1.